The second kappa shape index (κ2) is 5.49. The molecule has 0 unspecified atom stereocenters. The van der Waals surface area contributed by atoms with Crippen LogP contribution >= 0.6 is 0 Å². The quantitative estimate of drug-likeness (QED) is 0.921. The highest BCUT2D eigenvalue weighted by Gasteiger charge is 2.28. The molecule has 0 atom stereocenters. The van der Waals surface area contributed by atoms with Crippen LogP contribution < -0.4 is 4.72 Å². The lowest BCUT2D eigenvalue weighted by Gasteiger charge is -2.26. The minimum absolute atomic E-state index is 0.440. The Morgan fingerprint density at radius 3 is 1.55 bits per heavy atom. The highest BCUT2D eigenvalue weighted by Crippen LogP contribution is 2.30. The molecule has 0 radical (unpaired) electrons. The maximum atomic E-state index is 12.8. The standard InChI is InChI=1S/C16H27NO2S/c1-9-16(7,8)17-20(18,19)15-13(5)11(3)10(2)12(4)14(15)6/h17H,9H2,1-8H3. The molecule has 0 bridgehead atoms. The Bertz CT molecular complexity index is 599. The van der Waals surface area contributed by atoms with Gasteiger partial charge in [-0.2, -0.15) is 0 Å². The largest absolute Gasteiger partial charge is 0.241 e. The summed E-state index contributed by atoms with van der Waals surface area (Å²) < 4.78 is 28.3. The molecule has 20 heavy (non-hydrogen) atoms. The van der Waals surface area contributed by atoms with E-state index in [0.29, 0.717) is 4.90 Å². The number of rotatable bonds is 4. The number of hydrogen-bond donors (Lipinski definition) is 1. The van der Waals surface area contributed by atoms with Crippen LogP contribution in [0, 0.1) is 34.6 Å². The number of hydrogen-bond acceptors (Lipinski definition) is 2. The first-order valence-electron chi connectivity index (χ1n) is 7.05. The Morgan fingerprint density at radius 1 is 0.850 bits per heavy atom. The molecule has 0 aliphatic rings. The molecule has 0 amide bonds. The zero-order chi connectivity index (χ0) is 15.9. The Kier molecular flexibility index (Phi) is 4.72. The van der Waals surface area contributed by atoms with Crippen LogP contribution in [-0.4, -0.2) is 14.0 Å². The van der Waals surface area contributed by atoms with E-state index in [4.69, 9.17) is 0 Å². The maximum absolute atomic E-state index is 12.8. The Labute approximate surface area is 123 Å². The van der Waals surface area contributed by atoms with Crippen molar-refractivity contribution in [3.05, 3.63) is 27.8 Å². The van der Waals surface area contributed by atoms with Crippen LogP contribution in [0.3, 0.4) is 0 Å². The second-order valence-electron chi connectivity index (χ2n) is 6.30. The summed E-state index contributed by atoms with van der Waals surface area (Å²) >= 11 is 0. The number of nitrogens with one attached hydrogen (secondary N) is 1. The SMILES string of the molecule is CCC(C)(C)NS(=O)(=O)c1c(C)c(C)c(C)c(C)c1C. The van der Waals surface area contributed by atoms with Crippen LogP contribution in [0.4, 0.5) is 0 Å². The van der Waals surface area contributed by atoms with Crippen LogP contribution in [0.2, 0.25) is 0 Å². The summed E-state index contributed by atoms with van der Waals surface area (Å²) in [6, 6.07) is 0. The fourth-order valence-electron chi connectivity index (χ4n) is 2.36. The summed E-state index contributed by atoms with van der Waals surface area (Å²) in [5, 5.41) is 0. The fourth-order valence-corrected chi connectivity index (χ4v) is 4.44. The molecule has 0 spiro atoms. The normalized spacial score (nSPS) is 12.8. The first kappa shape index (κ1) is 17.2. The summed E-state index contributed by atoms with van der Waals surface area (Å²) in [4.78, 5) is 0.444. The average molecular weight is 297 g/mol. The van der Waals surface area contributed by atoms with E-state index >= 15 is 0 Å². The summed E-state index contributed by atoms with van der Waals surface area (Å²) in [5.74, 6) is 0. The lowest BCUT2D eigenvalue weighted by Crippen LogP contribution is -2.43. The molecule has 0 saturated carbocycles. The van der Waals surface area contributed by atoms with Crippen LogP contribution in [0.1, 0.15) is 55.0 Å². The van der Waals surface area contributed by atoms with Crippen molar-refractivity contribution in [2.24, 2.45) is 0 Å². The van der Waals surface area contributed by atoms with Crippen molar-refractivity contribution in [1.82, 2.24) is 4.72 Å². The van der Waals surface area contributed by atoms with Crippen LogP contribution in [0.5, 0.6) is 0 Å². The minimum Gasteiger partial charge on any atom is -0.207 e. The molecule has 0 fully saturated rings. The molecule has 4 heteroatoms. The van der Waals surface area contributed by atoms with Crippen molar-refractivity contribution >= 4 is 10.0 Å². The van der Waals surface area contributed by atoms with E-state index in [1.165, 1.54) is 5.56 Å². The van der Waals surface area contributed by atoms with Gasteiger partial charge in [0, 0.05) is 5.54 Å². The van der Waals surface area contributed by atoms with Gasteiger partial charge in [-0.1, -0.05) is 6.92 Å². The molecule has 114 valence electrons. The molecule has 0 aliphatic heterocycles. The van der Waals surface area contributed by atoms with Gasteiger partial charge in [0.1, 0.15) is 0 Å². The second-order valence-corrected chi connectivity index (χ2v) is 7.92. The van der Waals surface area contributed by atoms with Gasteiger partial charge in [-0.15, -0.1) is 0 Å². The molecule has 0 aliphatic carbocycles. The van der Waals surface area contributed by atoms with Crippen molar-refractivity contribution in [2.75, 3.05) is 0 Å². The van der Waals surface area contributed by atoms with Crippen molar-refractivity contribution in [1.29, 1.82) is 0 Å². The minimum atomic E-state index is -3.50. The van der Waals surface area contributed by atoms with E-state index in [9.17, 15) is 8.42 Å². The smallest absolute Gasteiger partial charge is 0.207 e. The average Bonchev–Trinajstić information content (AvgIpc) is 2.32. The van der Waals surface area contributed by atoms with Gasteiger partial charge in [-0.3, -0.25) is 0 Å². The van der Waals surface area contributed by atoms with Crippen LogP contribution in [0.25, 0.3) is 0 Å². The number of sulfonamides is 1. The third kappa shape index (κ3) is 3.07. The van der Waals surface area contributed by atoms with Gasteiger partial charge in [0.15, 0.2) is 0 Å². The summed E-state index contributed by atoms with van der Waals surface area (Å²) in [6.45, 7) is 15.6. The molecular formula is C16H27NO2S. The van der Waals surface area contributed by atoms with E-state index in [-0.39, 0.29) is 0 Å². The molecule has 0 heterocycles. The van der Waals surface area contributed by atoms with Gasteiger partial charge in [-0.05, 0) is 82.7 Å². The third-order valence-corrected chi connectivity index (χ3v) is 6.47. The lowest BCUT2D eigenvalue weighted by molar-refractivity contribution is 0.439. The lowest BCUT2D eigenvalue weighted by atomic mass is 9.95. The molecular weight excluding hydrogens is 270 g/mol. The fraction of sp³-hybridized carbons (Fsp3) is 0.625. The molecule has 0 saturated heterocycles. The van der Waals surface area contributed by atoms with Gasteiger partial charge in [-0.25, -0.2) is 13.1 Å². The Morgan fingerprint density at radius 2 is 1.20 bits per heavy atom. The molecule has 1 rings (SSSR count). The van der Waals surface area contributed by atoms with E-state index in [2.05, 4.69) is 4.72 Å². The monoisotopic (exact) mass is 297 g/mol. The van der Waals surface area contributed by atoms with Gasteiger partial charge in [0.2, 0.25) is 10.0 Å². The van der Waals surface area contributed by atoms with E-state index in [1.54, 1.807) is 0 Å². The number of benzene rings is 1. The zero-order valence-electron chi connectivity index (χ0n) is 13.9. The molecule has 3 nitrogen and oxygen atoms in total. The molecule has 1 aromatic carbocycles. The summed E-state index contributed by atoms with van der Waals surface area (Å²) in [6.07, 6.45) is 0.744. The molecule has 0 aromatic heterocycles. The van der Waals surface area contributed by atoms with Gasteiger partial charge in [0.25, 0.3) is 0 Å². The zero-order valence-corrected chi connectivity index (χ0v) is 14.7. The van der Waals surface area contributed by atoms with Gasteiger partial charge < -0.3 is 0 Å². The van der Waals surface area contributed by atoms with Crippen molar-refractivity contribution in [2.45, 2.75) is 72.2 Å². The summed E-state index contributed by atoms with van der Waals surface area (Å²) in [7, 11) is -3.50. The Balaban J connectivity index is 3.56. The third-order valence-electron chi connectivity index (χ3n) is 4.49. The van der Waals surface area contributed by atoms with E-state index < -0.39 is 15.6 Å². The van der Waals surface area contributed by atoms with E-state index in [1.807, 2.05) is 55.4 Å². The van der Waals surface area contributed by atoms with Gasteiger partial charge in [0.05, 0.1) is 4.90 Å². The predicted octanol–water partition coefficient (Wildman–Crippen LogP) is 3.70. The highest BCUT2D eigenvalue weighted by molar-refractivity contribution is 7.89. The van der Waals surface area contributed by atoms with Crippen LogP contribution in [0.15, 0.2) is 4.90 Å². The first-order valence-corrected chi connectivity index (χ1v) is 8.54. The van der Waals surface area contributed by atoms with Crippen molar-refractivity contribution in [3.8, 4) is 0 Å². The highest BCUT2D eigenvalue weighted by atomic mass is 32.2. The predicted molar refractivity (Wildman–Crippen MR) is 84.8 cm³/mol. The molecule has 1 N–H and O–H groups in total. The van der Waals surface area contributed by atoms with Gasteiger partial charge >= 0.3 is 0 Å². The summed E-state index contributed by atoms with van der Waals surface area (Å²) in [5.41, 5.74) is 4.55. The topological polar surface area (TPSA) is 46.2 Å². The van der Waals surface area contributed by atoms with Crippen molar-refractivity contribution in [3.63, 3.8) is 0 Å². The van der Waals surface area contributed by atoms with Crippen LogP contribution in [-0.2, 0) is 10.0 Å². The van der Waals surface area contributed by atoms with Crippen molar-refractivity contribution < 1.29 is 8.42 Å². The first-order chi connectivity index (χ1) is 8.94. The van der Waals surface area contributed by atoms with E-state index in [0.717, 1.165) is 28.7 Å². The molecule has 1 aromatic rings. The Hall–Kier alpha value is -0.870. The maximum Gasteiger partial charge on any atom is 0.241 e.